The van der Waals surface area contributed by atoms with Crippen LogP contribution in [0, 0.1) is 0 Å². The molecule has 1 amide bonds. The number of carbonyl (C=O) groups is 1. The maximum absolute atomic E-state index is 12.3. The number of hydrogen-bond acceptors (Lipinski definition) is 10. The normalized spacial score (nSPS) is 24.0. The van der Waals surface area contributed by atoms with E-state index in [-0.39, 0.29) is 23.9 Å². The lowest BCUT2D eigenvalue weighted by Gasteiger charge is -2.53. The van der Waals surface area contributed by atoms with Crippen molar-refractivity contribution in [2.24, 2.45) is 0 Å². The smallest absolute Gasteiger partial charge is 0.410 e. The molecule has 3 saturated heterocycles. The van der Waals surface area contributed by atoms with Crippen molar-refractivity contribution in [3.05, 3.63) is 24.2 Å². The van der Waals surface area contributed by atoms with Crippen LogP contribution in [0.5, 0.6) is 0 Å². The van der Waals surface area contributed by atoms with Crippen molar-refractivity contribution in [1.29, 1.82) is 0 Å². The predicted octanol–water partition coefficient (Wildman–Crippen LogP) is 1.56. The zero-order valence-corrected chi connectivity index (χ0v) is 22.4. The van der Waals surface area contributed by atoms with Crippen molar-refractivity contribution in [3.8, 4) is 0 Å². The maximum atomic E-state index is 12.3. The summed E-state index contributed by atoms with van der Waals surface area (Å²) in [5.41, 5.74) is 7.00. The quantitative estimate of drug-likeness (QED) is 0.509. The van der Waals surface area contributed by atoms with Crippen molar-refractivity contribution in [2.75, 3.05) is 45.1 Å². The van der Waals surface area contributed by atoms with Gasteiger partial charge in [0.1, 0.15) is 29.2 Å². The van der Waals surface area contributed by atoms with Crippen LogP contribution in [-0.4, -0.2) is 103 Å². The molecule has 4 N–H and O–H groups in total. The van der Waals surface area contributed by atoms with E-state index in [1.54, 1.807) is 4.90 Å². The number of likely N-dealkylation sites (tertiary alicyclic amines) is 1. The molecule has 0 aliphatic carbocycles. The Hall–Kier alpha value is -2.51. The number of carbonyl (C=O) groups excluding carboxylic acids is 1. The molecule has 5 rings (SSSR count). The maximum Gasteiger partial charge on any atom is 0.410 e. The van der Waals surface area contributed by atoms with Crippen molar-refractivity contribution in [1.82, 2.24) is 24.4 Å². The first-order valence-electron chi connectivity index (χ1n) is 12.7. The number of nitrogen functional groups attached to an aromatic ring is 1. The van der Waals surface area contributed by atoms with Gasteiger partial charge in [0.15, 0.2) is 11.6 Å². The van der Waals surface area contributed by atoms with E-state index < -0.39 is 11.4 Å². The lowest BCUT2D eigenvalue weighted by Crippen LogP contribution is -2.71. The highest BCUT2D eigenvalue weighted by Gasteiger charge is 2.50. The second kappa shape index (κ2) is 10.3. The summed E-state index contributed by atoms with van der Waals surface area (Å²) in [6.45, 7) is 12.6. The summed E-state index contributed by atoms with van der Waals surface area (Å²) in [4.78, 5) is 20.5. The van der Waals surface area contributed by atoms with Crippen LogP contribution >= 0.6 is 0 Å². The summed E-state index contributed by atoms with van der Waals surface area (Å²) in [5, 5.41) is 20.5. The molecular weight excluding hydrogens is 480 g/mol. The standard InChI is InChI=1S/C22H32N6O4.C3H8O2/c1-21(2,3)32-20(29)27-12-22(13-27)11-26(8-9-30-22)10-15-4-7-18(31-15)16-5-6-17-19(23)24-14-25-28(16)17;1-3(2,4)5/h5-6,14-15,18H,4,7-13H2,1-3H3,(H2,23,24,25);4-5H,1-2H3/t15-,18+;/m0./s1. The summed E-state index contributed by atoms with van der Waals surface area (Å²) in [7, 11) is 0. The molecule has 0 aromatic carbocycles. The number of rotatable bonds is 3. The predicted molar refractivity (Wildman–Crippen MR) is 136 cm³/mol. The molecular formula is C25H40N6O6. The Labute approximate surface area is 217 Å². The molecule has 0 saturated carbocycles. The van der Waals surface area contributed by atoms with E-state index in [1.165, 1.54) is 20.2 Å². The van der Waals surface area contributed by atoms with Crippen LogP contribution in [-0.2, 0) is 14.2 Å². The number of fused-ring (bicyclic) bond motifs is 1. The Balaban J connectivity index is 0.000000586. The number of nitrogens with two attached hydrogens (primary N) is 1. The van der Waals surface area contributed by atoms with Crippen LogP contribution < -0.4 is 5.73 Å². The van der Waals surface area contributed by atoms with Gasteiger partial charge < -0.3 is 35.1 Å². The Morgan fingerprint density at radius 1 is 1.19 bits per heavy atom. The molecule has 0 bridgehead atoms. The van der Waals surface area contributed by atoms with E-state index >= 15 is 0 Å². The number of hydrogen-bond donors (Lipinski definition) is 3. The lowest BCUT2D eigenvalue weighted by atomic mass is 9.92. The van der Waals surface area contributed by atoms with Gasteiger partial charge in [0.2, 0.25) is 0 Å². The molecule has 5 heterocycles. The molecule has 37 heavy (non-hydrogen) atoms. The first kappa shape index (κ1) is 27.5. The number of aliphatic hydroxyl groups is 2. The molecule has 3 fully saturated rings. The van der Waals surface area contributed by atoms with Crippen LogP contribution in [0.2, 0.25) is 0 Å². The monoisotopic (exact) mass is 520 g/mol. The second-order valence-corrected chi connectivity index (χ2v) is 11.6. The minimum absolute atomic E-state index is 0.00170. The van der Waals surface area contributed by atoms with Gasteiger partial charge in [-0.3, -0.25) is 4.90 Å². The summed E-state index contributed by atoms with van der Waals surface area (Å²) in [6, 6.07) is 3.97. The van der Waals surface area contributed by atoms with E-state index in [1.807, 2.05) is 37.4 Å². The minimum atomic E-state index is -1.50. The molecule has 12 nitrogen and oxygen atoms in total. The highest BCUT2D eigenvalue weighted by molar-refractivity contribution is 5.69. The Kier molecular flexibility index (Phi) is 7.69. The van der Waals surface area contributed by atoms with E-state index in [9.17, 15) is 4.79 Å². The number of morpholine rings is 1. The van der Waals surface area contributed by atoms with Gasteiger partial charge >= 0.3 is 6.09 Å². The van der Waals surface area contributed by atoms with Gasteiger partial charge in [-0.25, -0.2) is 14.3 Å². The van der Waals surface area contributed by atoms with Gasteiger partial charge in [-0.05, 0) is 59.6 Å². The van der Waals surface area contributed by atoms with Gasteiger partial charge in [0.25, 0.3) is 0 Å². The largest absolute Gasteiger partial charge is 0.444 e. The van der Waals surface area contributed by atoms with Gasteiger partial charge in [-0.15, -0.1) is 0 Å². The molecule has 2 atom stereocenters. The molecule has 0 unspecified atom stereocenters. The van der Waals surface area contributed by atoms with Gasteiger partial charge in [0, 0.05) is 19.6 Å². The van der Waals surface area contributed by atoms with Gasteiger partial charge in [-0.2, -0.15) is 5.10 Å². The number of amides is 1. The summed E-state index contributed by atoms with van der Waals surface area (Å²) < 4.78 is 19.8. The van der Waals surface area contributed by atoms with Gasteiger partial charge in [-0.1, -0.05) is 0 Å². The first-order valence-corrected chi connectivity index (χ1v) is 12.7. The first-order chi connectivity index (χ1) is 17.2. The molecule has 12 heteroatoms. The topological polar surface area (TPSA) is 148 Å². The van der Waals surface area contributed by atoms with Crippen LogP contribution in [0.4, 0.5) is 10.6 Å². The average molecular weight is 521 g/mol. The van der Waals surface area contributed by atoms with Crippen LogP contribution in [0.25, 0.3) is 5.52 Å². The van der Waals surface area contributed by atoms with Crippen LogP contribution in [0.15, 0.2) is 18.5 Å². The molecule has 3 aliphatic heterocycles. The molecule has 3 aliphatic rings. The summed E-state index contributed by atoms with van der Waals surface area (Å²) >= 11 is 0. The average Bonchev–Trinajstić information content (AvgIpc) is 3.37. The molecule has 0 radical (unpaired) electrons. The third-order valence-electron chi connectivity index (χ3n) is 6.35. The fraction of sp³-hybridized carbons (Fsp3) is 0.720. The fourth-order valence-corrected chi connectivity index (χ4v) is 4.94. The van der Waals surface area contributed by atoms with E-state index in [4.69, 9.17) is 30.2 Å². The number of ether oxygens (including phenoxy) is 3. The van der Waals surface area contributed by atoms with Crippen molar-refractivity contribution < 1.29 is 29.2 Å². The minimum Gasteiger partial charge on any atom is -0.444 e. The molecule has 1 spiro atoms. The van der Waals surface area contributed by atoms with Crippen molar-refractivity contribution in [2.45, 2.75) is 76.7 Å². The lowest BCUT2D eigenvalue weighted by molar-refractivity contribution is -0.181. The summed E-state index contributed by atoms with van der Waals surface area (Å²) in [5.74, 6) is -1.03. The fourth-order valence-electron chi connectivity index (χ4n) is 4.94. The zero-order valence-electron chi connectivity index (χ0n) is 22.4. The number of nitrogens with zero attached hydrogens (tertiary/aromatic N) is 5. The van der Waals surface area contributed by atoms with Crippen molar-refractivity contribution >= 4 is 17.4 Å². The Bertz CT molecular complexity index is 1080. The van der Waals surface area contributed by atoms with E-state index in [0.717, 1.165) is 43.7 Å². The zero-order chi connectivity index (χ0) is 27.0. The third-order valence-corrected chi connectivity index (χ3v) is 6.35. The summed E-state index contributed by atoms with van der Waals surface area (Å²) in [6.07, 6.45) is 3.30. The number of anilines is 1. The second-order valence-electron chi connectivity index (χ2n) is 11.6. The molecule has 206 valence electrons. The Morgan fingerprint density at radius 3 is 2.57 bits per heavy atom. The highest BCUT2D eigenvalue weighted by Crippen LogP contribution is 2.36. The van der Waals surface area contributed by atoms with Crippen molar-refractivity contribution in [3.63, 3.8) is 0 Å². The number of aromatic nitrogens is 3. The highest BCUT2D eigenvalue weighted by atomic mass is 16.6. The SMILES string of the molecule is CC(C)(C)OC(=O)N1CC2(CN(C[C@@H]3CC[C@H](c4ccc5c(N)ncnn45)O3)CCO2)C1.CC(C)(O)O. The van der Waals surface area contributed by atoms with Gasteiger partial charge in [0.05, 0.1) is 31.5 Å². The molecule has 2 aromatic heterocycles. The van der Waals surface area contributed by atoms with E-state index in [2.05, 4.69) is 15.0 Å². The van der Waals surface area contributed by atoms with E-state index in [0.29, 0.717) is 25.5 Å². The van der Waals surface area contributed by atoms with Crippen LogP contribution in [0.1, 0.15) is 59.3 Å². The Morgan fingerprint density at radius 2 is 1.89 bits per heavy atom. The molecule has 2 aromatic rings. The third kappa shape index (κ3) is 7.08. The van der Waals surface area contributed by atoms with Crippen LogP contribution in [0.3, 0.4) is 0 Å².